The van der Waals surface area contributed by atoms with E-state index in [1.54, 1.807) is 30.3 Å². The molecule has 4 nitrogen and oxygen atoms in total. The van der Waals surface area contributed by atoms with Crippen LogP contribution in [0.25, 0.3) is 0 Å². The lowest BCUT2D eigenvalue weighted by Gasteiger charge is -2.09. The Morgan fingerprint density at radius 1 is 1.15 bits per heavy atom. The molecule has 0 aliphatic carbocycles. The summed E-state index contributed by atoms with van der Waals surface area (Å²) in [7, 11) is 0. The Morgan fingerprint density at radius 3 is 2.55 bits per heavy atom. The number of carbonyl (C=O) groups is 2. The van der Waals surface area contributed by atoms with Gasteiger partial charge in [-0.3, -0.25) is 4.79 Å². The van der Waals surface area contributed by atoms with Crippen LogP contribution in [0, 0.1) is 3.57 Å². The Morgan fingerprint density at radius 2 is 1.90 bits per heavy atom. The van der Waals surface area contributed by atoms with Crippen LogP contribution < -0.4 is 5.32 Å². The van der Waals surface area contributed by atoms with Crippen molar-refractivity contribution in [3.05, 3.63) is 61.6 Å². The smallest absolute Gasteiger partial charge is 0.337 e. The van der Waals surface area contributed by atoms with Crippen LogP contribution in [-0.2, 0) is 0 Å². The lowest BCUT2D eigenvalue weighted by molar-refractivity contribution is 0.0698. The molecule has 2 N–H and O–H groups in total. The molecule has 2 rings (SSSR count). The van der Waals surface area contributed by atoms with Crippen molar-refractivity contribution in [2.45, 2.75) is 0 Å². The minimum atomic E-state index is -1.09. The molecule has 0 heterocycles. The second-order valence-electron chi connectivity index (χ2n) is 3.96. The van der Waals surface area contributed by atoms with Crippen LogP contribution in [0.4, 0.5) is 5.69 Å². The van der Waals surface area contributed by atoms with E-state index < -0.39 is 5.97 Å². The lowest BCUT2D eigenvalue weighted by Crippen LogP contribution is -2.15. The zero-order valence-electron chi connectivity index (χ0n) is 10.1. The predicted molar refractivity (Wildman–Crippen MR) is 88.2 cm³/mol. The molecule has 0 bridgehead atoms. The van der Waals surface area contributed by atoms with E-state index in [2.05, 4.69) is 43.8 Å². The van der Waals surface area contributed by atoms with Crippen LogP contribution in [0.2, 0.25) is 0 Å². The van der Waals surface area contributed by atoms with Crippen molar-refractivity contribution in [1.82, 2.24) is 0 Å². The molecule has 0 saturated carbocycles. The summed E-state index contributed by atoms with van der Waals surface area (Å²) in [6.07, 6.45) is 0. The number of carboxylic acids is 1. The van der Waals surface area contributed by atoms with Crippen LogP contribution in [0.5, 0.6) is 0 Å². The third-order valence-corrected chi connectivity index (χ3v) is 3.71. The summed E-state index contributed by atoms with van der Waals surface area (Å²) in [4.78, 5) is 23.3. The molecule has 1 amide bonds. The highest BCUT2D eigenvalue weighted by Gasteiger charge is 2.14. The molecule has 0 unspecified atom stereocenters. The maximum absolute atomic E-state index is 12.1. The molecular formula is C14H9BrINO3. The van der Waals surface area contributed by atoms with Gasteiger partial charge in [0, 0.05) is 13.6 Å². The fourth-order valence-corrected chi connectivity index (χ4v) is 2.53. The molecular weight excluding hydrogens is 437 g/mol. The molecule has 0 aliphatic rings. The van der Waals surface area contributed by atoms with E-state index >= 15 is 0 Å². The molecule has 20 heavy (non-hydrogen) atoms. The van der Waals surface area contributed by atoms with Crippen molar-refractivity contribution >= 4 is 56.1 Å². The number of benzene rings is 2. The topological polar surface area (TPSA) is 66.4 Å². The Labute approximate surface area is 137 Å². The van der Waals surface area contributed by atoms with E-state index in [9.17, 15) is 9.59 Å². The van der Waals surface area contributed by atoms with Crippen LogP contribution in [0.3, 0.4) is 0 Å². The maximum atomic E-state index is 12.1. The molecule has 0 radical (unpaired) electrons. The van der Waals surface area contributed by atoms with Gasteiger partial charge in [-0.2, -0.15) is 0 Å². The quantitative estimate of drug-likeness (QED) is 0.701. The van der Waals surface area contributed by atoms with Gasteiger partial charge in [0.05, 0.1) is 11.3 Å². The van der Waals surface area contributed by atoms with Crippen molar-refractivity contribution < 1.29 is 14.7 Å². The van der Waals surface area contributed by atoms with Crippen molar-refractivity contribution in [3.63, 3.8) is 0 Å². The van der Waals surface area contributed by atoms with E-state index in [1.807, 2.05) is 6.07 Å². The minimum absolute atomic E-state index is 0.0483. The monoisotopic (exact) mass is 445 g/mol. The average Bonchev–Trinajstić information content (AvgIpc) is 2.38. The molecule has 2 aromatic rings. The molecule has 0 saturated heterocycles. The Kier molecular flexibility index (Phi) is 4.77. The van der Waals surface area contributed by atoms with Gasteiger partial charge >= 0.3 is 5.97 Å². The highest BCUT2D eigenvalue weighted by Crippen LogP contribution is 2.22. The van der Waals surface area contributed by atoms with Gasteiger partial charge in [0.15, 0.2) is 0 Å². The zero-order valence-corrected chi connectivity index (χ0v) is 13.8. The third-order valence-electron chi connectivity index (χ3n) is 2.55. The number of nitrogens with one attached hydrogen (secondary N) is 1. The Hall–Kier alpha value is -1.41. The number of carboxylic acid groups (broad SMARTS) is 1. The van der Waals surface area contributed by atoms with E-state index in [1.165, 1.54) is 6.07 Å². The molecule has 2 aromatic carbocycles. The number of hydrogen-bond donors (Lipinski definition) is 2. The highest BCUT2D eigenvalue weighted by atomic mass is 127. The van der Waals surface area contributed by atoms with Crippen molar-refractivity contribution in [2.75, 3.05) is 5.32 Å². The number of halogens is 2. The second kappa shape index (κ2) is 6.36. The summed E-state index contributed by atoms with van der Waals surface area (Å²) in [6.45, 7) is 0. The van der Waals surface area contributed by atoms with Crippen molar-refractivity contribution in [1.29, 1.82) is 0 Å². The first-order chi connectivity index (χ1) is 9.47. The van der Waals surface area contributed by atoms with E-state index in [4.69, 9.17) is 5.11 Å². The maximum Gasteiger partial charge on any atom is 0.337 e. The average molecular weight is 446 g/mol. The SMILES string of the molecule is O=C(Nc1cc(Br)ccc1C(=O)O)c1cccc(I)c1. The normalized spacial score (nSPS) is 10.1. The fraction of sp³-hybridized carbons (Fsp3) is 0. The van der Waals surface area contributed by atoms with Gasteiger partial charge in [-0.1, -0.05) is 22.0 Å². The van der Waals surface area contributed by atoms with Crippen molar-refractivity contribution in [2.24, 2.45) is 0 Å². The summed E-state index contributed by atoms with van der Waals surface area (Å²) in [6, 6.07) is 11.7. The zero-order chi connectivity index (χ0) is 14.7. The van der Waals surface area contributed by atoms with Gasteiger partial charge in [-0.25, -0.2) is 4.79 Å². The molecule has 0 aliphatic heterocycles. The number of aromatic carboxylic acids is 1. The van der Waals surface area contributed by atoms with Crippen LogP contribution in [0.1, 0.15) is 20.7 Å². The van der Waals surface area contributed by atoms with Gasteiger partial charge < -0.3 is 10.4 Å². The van der Waals surface area contributed by atoms with E-state index in [-0.39, 0.29) is 17.2 Å². The Bertz CT molecular complexity index is 688. The first-order valence-corrected chi connectivity index (χ1v) is 7.44. The van der Waals surface area contributed by atoms with Gasteiger partial charge in [-0.15, -0.1) is 0 Å². The summed E-state index contributed by atoms with van der Waals surface area (Å²) in [5, 5.41) is 11.7. The highest BCUT2D eigenvalue weighted by molar-refractivity contribution is 14.1. The molecule has 0 aromatic heterocycles. The number of hydrogen-bond acceptors (Lipinski definition) is 2. The van der Waals surface area contributed by atoms with Crippen LogP contribution in [-0.4, -0.2) is 17.0 Å². The van der Waals surface area contributed by atoms with Crippen LogP contribution >= 0.6 is 38.5 Å². The Balaban J connectivity index is 2.32. The summed E-state index contributed by atoms with van der Waals surface area (Å²) < 4.78 is 1.63. The van der Waals surface area contributed by atoms with Gasteiger partial charge in [0.25, 0.3) is 5.91 Å². The van der Waals surface area contributed by atoms with E-state index in [0.717, 1.165) is 3.57 Å². The molecule has 0 spiro atoms. The first-order valence-electron chi connectivity index (χ1n) is 5.57. The second-order valence-corrected chi connectivity index (χ2v) is 6.12. The third kappa shape index (κ3) is 3.57. The van der Waals surface area contributed by atoms with Crippen LogP contribution in [0.15, 0.2) is 46.9 Å². The van der Waals surface area contributed by atoms with Gasteiger partial charge in [0.2, 0.25) is 0 Å². The fourth-order valence-electron chi connectivity index (χ4n) is 1.63. The number of carbonyl (C=O) groups excluding carboxylic acids is 1. The van der Waals surface area contributed by atoms with Gasteiger partial charge in [0.1, 0.15) is 0 Å². The molecule has 6 heteroatoms. The minimum Gasteiger partial charge on any atom is -0.478 e. The largest absolute Gasteiger partial charge is 0.478 e. The summed E-state index contributed by atoms with van der Waals surface area (Å²) in [5.74, 6) is -1.43. The number of rotatable bonds is 3. The lowest BCUT2D eigenvalue weighted by atomic mass is 10.1. The van der Waals surface area contributed by atoms with Gasteiger partial charge in [-0.05, 0) is 59.0 Å². The number of amides is 1. The van der Waals surface area contributed by atoms with Crippen molar-refractivity contribution in [3.8, 4) is 0 Å². The molecule has 0 atom stereocenters. The number of anilines is 1. The standard InChI is InChI=1S/C14H9BrINO3/c15-9-4-5-11(14(19)20)12(7-9)17-13(18)8-2-1-3-10(16)6-8/h1-7H,(H,17,18)(H,19,20). The molecule has 0 fully saturated rings. The molecule has 102 valence electrons. The first kappa shape index (κ1) is 15.0. The summed E-state index contributed by atoms with van der Waals surface area (Å²) in [5.41, 5.74) is 0.788. The van der Waals surface area contributed by atoms with E-state index in [0.29, 0.717) is 10.0 Å². The predicted octanol–water partition coefficient (Wildman–Crippen LogP) is 4.00. The summed E-state index contributed by atoms with van der Waals surface area (Å²) >= 11 is 5.37.